The van der Waals surface area contributed by atoms with Gasteiger partial charge in [0.25, 0.3) is 0 Å². The second-order valence-electron chi connectivity index (χ2n) is 7.21. The molecule has 6 heteroatoms. The van der Waals surface area contributed by atoms with E-state index in [0.29, 0.717) is 11.7 Å². The Kier molecular flexibility index (Phi) is 5.66. The standard InChI is InChI=1S/C21H26N4OS/c1-16-5-7-18(8-6-16)20-22-21(26-23-20)17(2)25-13-11-24(12-14-25)10-9-19-4-3-15-27-19/h3-8,15,17H,9-14H2,1-2H3. The van der Waals surface area contributed by atoms with Crippen molar-refractivity contribution in [3.05, 3.63) is 58.1 Å². The number of aromatic nitrogens is 2. The fourth-order valence-corrected chi connectivity index (χ4v) is 4.18. The van der Waals surface area contributed by atoms with Crippen LogP contribution in [-0.4, -0.2) is 52.7 Å². The van der Waals surface area contributed by atoms with E-state index >= 15 is 0 Å². The van der Waals surface area contributed by atoms with E-state index in [1.807, 2.05) is 23.5 Å². The van der Waals surface area contributed by atoms with Crippen molar-refractivity contribution in [2.45, 2.75) is 26.3 Å². The van der Waals surface area contributed by atoms with Crippen molar-refractivity contribution >= 4 is 11.3 Å². The van der Waals surface area contributed by atoms with Crippen LogP contribution in [0.1, 0.15) is 29.3 Å². The number of thiophene rings is 1. The van der Waals surface area contributed by atoms with Crippen LogP contribution in [0.25, 0.3) is 11.4 Å². The first kappa shape index (κ1) is 18.3. The van der Waals surface area contributed by atoms with Crippen LogP contribution in [0.2, 0.25) is 0 Å². The van der Waals surface area contributed by atoms with Gasteiger partial charge >= 0.3 is 0 Å². The summed E-state index contributed by atoms with van der Waals surface area (Å²) in [6, 6.07) is 12.7. The molecule has 1 saturated heterocycles. The largest absolute Gasteiger partial charge is 0.337 e. The molecule has 1 aliphatic heterocycles. The van der Waals surface area contributed by atoms with Crippen molar-refractivity contribution < 1.29 is 4.52 Å². The van der Waals surface area contributed by atoms with Gasteiger partial charge < -0.3 is 9.42 Å². The quantitative estimate of drug-likeness (QED) is 0.644. The van der Waals surface area contributed by atoms with Crippen molar-refractivity contribution in [2.24, 2.45) is 0 Å². The van der Waals surface area contributed by atoms with Gasteiger partial charge in [0, 0.05) is 43.2 Å². The number of aryl methyl sites for hydroxylation is 1. The first-order chi connectivity index (χ1) is 13.2. The molecule has 1 aliphatic rings. The summed E-state index contributed by atoms with van der Waals surface area (Å²) in [5.74, 6) is 1.38. The third kappa shape index (κ3) is 4.46. The average molecular weight is 383 g/mol. The summed E-state index contributed by atoms with van der Waals surface area (Å²) in [5.41, 5.74) is 2.23. The van der Waals surface area contributed by atoms with E-state index in [1.54, 1.807) is 0 Å². The lowest BCUT2D eigenvalue weighted by Gasteiger charge is -2.36. The molecule has 1 atom stereocenters. The molecule has 0 aliphatic carbocycles. The predicted molar refractivity (Wildman–Crippen MR) is 109 cm³/mol. The van der Waals surface area contributed by atoms with Crippen molar-refractivity contribution in [3.8, 4) is 11.4 Å². The lowest BCUT2D eigenvalue weighted by Crippen LogP contribution is -2.47. The van der Waals surface area contributed by atoms with Crippen molar-refractivity contribution in [3.63, 3.8) is 0 Å². The molecular formula is C21H26N4OS. The molecule has 27 heavy (non-hydrogen) atoms. The molecule has 142 valence electrons. The summed E-state index contributed by atoms with van der Waals surface area (Å²) in [6.07, 6.45) is 1.15. The predicted octanol–water partition coefficient (Wildman–Crippen LogP) is 4.03. The topological polar surface area (TPSA) is 45.4 Å². The Labute approximate surface area is 164 Å². The normalized spacial score (nSPS) is 17.3. The summed E-state index contributed by atoms with van der Waals surface area (Å²) in [7, 11) is 0. The molecule has 0 amide bonds. The first-order valence-corrected chi connectivity index (χ1v) is 10.5. The van der Waals surface area contributed by atoms with Crippen molar-refractivity contribution in [1.29, 1.82) is 0 Å². The highest BCUT2D eigenvalue weighted by Gasteiger charge is 2.25. The van der Waals surface area contributed by atoms with Crippen LogP contribution >= 0.6 is 11.3 Å². The first-order valence-electron chi connectivity index (χ1n) is 9.58. The Morgan fingerprint density at radius 2 is 1.89 bits per heavy atom. The van der Waals surface area contributed by atoms with Gasteiger partial charge in [-0.25, -0.2) is 0 Å². The van der Waals surface area contributed by atoms with E-state index in [2.05, 4.69) is 63.4 Å². The Balaban J connectivity index is 1.31. The molecule has 5 nitrogen and oxygen atoms in total. The van der Waals surface area contributed by atoms with E-state index < -0.39 is 0 Å². The number of benzene rings is 1. The second-order valence-corrected chi connectivity index (χ2v) is 8.24. The van der Waals surface area contributed by atoms with Gasteiger partial charge in [-0.2, -0.15) is 4.98 Å². The van der Waals surface area contributed by atoms with E-state index in [9.17, 15) is 0 Å². The molecule has 1 aromatic carbocycles. The maximum Gasteiger partial charge on any atom is 0.244 e. The van der Waals surface area contributed by atoms with E-state index in [-0.39, 0.29) is 6.04 Å². The zero-order valence-corrected chi connectivity index (χ0v) is 16.8. The minimum Gasteiger partial charge on any atom is -0.337 e. The Morgan fingerprint density at radius 3 is 2.59 bits per heavy atom. The maximum absolute atomic E-state index is 5.57. The molecular weight excluding hydrogens is 356 g/mol. The fraction of sp³-hybridized carbons (Fsp3) is 0.429. The summed E-state index contributed by atoms with van der Waals surface area (Å²) < 4.78 is 5.57. The molecule has 0 bridgehead atoms. The fourth-order valence-electron chi connectivity index (χ4n) is 3.48. The lowest BCUT2D eigenvalue weighted by atomic mass is 10.1. The third-order valence-corrected chi connectivity index (χ3v) is 6.25. The SMILES string of the molecule is Cc1ccc(-c2noc(C(C)N3CCN(CCc4cccs4)CC3)n2)cc1. The highest BCUT2D eigenvalue weighted by atomic mass is 32.1. The Bertz CT molecular complexity index is 835. The van der Waals surface area contributed by atoms with Crippen molar-refractivity contribution in [2.75, 3.05) is 32.7 Å². The molecule has 3 heterocycles. The number of hydrogen-bond acceptors (Lipinski definition) is 6. The molecule has 1 unspecified atom stereocenters. The summed E-state index contributed by atoms with van der Waals surface area (Å²) in [6.45, 7) is 9.63. The summed E-state index contributed by atoms with van der Waals surface area (Å²) in [5, 5.41) is 6.34. The minimum absolute atomic E-state index is 0.149. The van der Waals surface area contributed by atoms with Gasteiger partial charge in [-0.1, -0.05) is 41.1 Å². The van der Waals surface area contributed by atoms with Gasteiger partial charge in [0.15, 0.2) is 0 Å². The van der Waals surface area contributed by atoms with Crippen LogP contribution in [-0.2, 0) is 6.42 Å². The zero-order valence-electron chi connectivity index (χ0n) is 16.0. The van der Waals surface area contributed by atoms with Crippen LogP contribution < -0.4 is 0 Å². The van der Waals surface area contributed by atoms with Gasteiger partial charge in [0.2, 0.25) is 11.7 Å². The molecule has 3 aromatic rings. The average Bonchev–Trinajstić information content (AvgIpc) is 3.39. The second kappa shape index (κ2) is 8.33. The number of rotatable bonds is 6. The summed E-state index contributed by atoms with van der Waals surface area (Å²) in [4.78, 5) is 11.1. The highest BCUT2D eigenvalue weighted by Crippen LogP contribution is 2.24. The molecule has 0 spiro atoms. The van der Waals surface area contributed by atoms with Gasteiger partial charge in [-0.3, -0.25) is 4.90 Å². The zero-order chi connectivity index (χ0) is 18.6. The third-order valence-electron chi connectivity index (χ3n) is 5.32. The molecule has 1 fully saturated rings. The molecule has 4 rings (SSSR count). The van der Waals surface area contributed by atoms with E-state index in [4.69, 9.17) is 4.52 Å². The number of hydrogen-bond donors (Lipinski definition) is 0. The summed E-state index contributed by atoms with van der Waals surface area (Å²) >= 11 is 1.85. The van der Waals surface area contributed by atoms with Crippen LogP contribution in [0.3, 0.4) is 0 Å². The van der Waals surface area contributed by atoms with Crippen molar-refractivity contribution in [1.82, 2.24) is 19.9 Å². The van der Waals surface area contributed by atoms with Gasteiger partial charge in [0.05, 0.1) is 6.04 Å². The molecule has 0 radical (unpaired) electrons. The van der Waals surface area contributed by atoms with Gasteiger partial charge in [0.1, 0.15) is 0 Å². The van der Waals surface area contributed by atoms with Crippen LogP contribution in [0, 0.1) is 6.92 Å². The molecule has 2 aromatic heterocycles. The van der Waals surface area contributed by atoms with Gasteiger partial charge in [-0.15, -0.1) is 11.3 Å². The molecule has 0 saturated carbocycles. The Morgan fingerprint density at radius 1 is 1.11 bits per heavy atom. The molecule has 0 N–H and O–H groups in total. The minimum atomic E-state index is 0.149. The highest BCUT2D eigenvalue weighted by molar-refractivity contribution is 7.09. The van der Waals surface area contributed by atoms with E-state index in [0.717, 1.165) is 44.7 Å². The maximum atomic E-state index is 5.57. The smallest absolute Gasteiger partial charge is 0.244 e. The lowest BCUT2D eigenvalue weighted by molar-refractivity contribution is 0.0891. The Hall–Kier alpha value is -2.02. The van der Waals surface area contributed by atoms with Crippen LogP contribution in [0.15, 0.2) is 46.3 Å². The number of nitrogens with zero attached hydrogens (tertiary/aromatic N) is 4. The number of piperazine rings is 1. The van der Waals surface area contributed by atoms with Gasteiger partial charge in [-0.05, 0) is 31.7 Å². The monoisotopic (exact) mass is 382 g/mol. The van der Waals surface area contributed by atoms with E-state index in [1.165, 1.54) is 10.4 Å². The van der Waals surface area contributed by atoms with Crippen LogP contribution in [0.5, 0.6) is 0 Å². The van der Waals surface area contributed by atoms with Crippen LogP contribution in [0.4, 0.5) is 0 Å².